The second-order valence-corrected chi connectivity index (χ2v) is 18.9. The Labute approximate surface area is 403 Å². The van der Waals surface area contributed by atoms with E-state index in [-0.39, 0.29) is 0 Å². The standard InChI is InChI=1S/C64H40N4S/c1-3-18-44(19-4-1)64(45-20-5-2-6-21-45)54-29-12-7-23-47(54)48-39-38-43(40-55(48)64)62-65-61(66-63(67-62)53-28-17-27-52-51-26-11-16-33-59(51)69-60(52)53)42-36-34-41(35-37-42)46-22-8-13-30-56(46)68-57-31-14-9-24-49(57)50-25-10-15-32-58(50)68/h1-40H. The first-order valence-corrected chi connectivity index (χ1v) is 24.2. The van der Waals surface area contributed by atoms with Crippen LogP contribution in [0.4, 0.5) is 0 Å². The lowest BCUT2D eigenvalue weighted by atomic mass is 9.67. The van der Waals surface area contributed by atoms with Gasteiger partial charge < -0.3 is 4.57 Å². The van der Waals surface area contributed by atoms with Crippen LogP contribution in [0.5, 0.6) is 0 Å². The Morgan fingerprint density at radius 3 is 1.57 bits per heavy atom. The Morgan fingerprint density at radius 2 is 0.841 bits per heavy atom. The van der Waals surface area contributed by atoms with E-state index < -0.39 is 5.41 Å². The van der Waals surface area contributed by atoms with Gasteiger partial charge in [-0.15, -0.1) is 11.3 Å². The molecule has 0 N–H and O–H groups in total. The number of hydrogen-bond donors (Lipinski definition) is 0. The first-order valence-electron chi connectivity index (χ1n) is 23.4. The fraction of sp³-hybridized carbons (Fsp3) is 0.0156. The quantitative estimate of drug-likeness (QED) is 0.160. The van der Waals surface area contributed by atoms with Crippen LogP contribution < -0.4 is 0 Å². The summed E-state index contributed by atoms with van der Waals surface area (Å²) in [5.74, 6) is 1.90. The molecule has 5 heteroatoms. The molecule has 0 spiro atoms. The van der Waals surface area contributed by atoms with E-state index in [0.717, 1.165) is 38.2 Å². The van der Waals surface area contributed by atoms with Gasteiger partial charge in [-0.1, -0.05) is 206 Å². The van der Waals surface area contributed by atoms with Crippen molar-refractivity contribution in [1.82, 2.24) is 19.5 Å². The predicted molar refractivity (Wildman–Crippen MR) is 286 cm³/mol. The fourth-order valence-corrected chi connectivity index (χ4v) is 12.4. The van der Waals surface area contributed by atoms with Gasteiger partial charge in [0.1, 0.15) is 0 Å². The summed E-state index contributed by atoms with van der Waals surface area (Å²) in [5.41, 5.74) is 15.4. The van der Waals surface area contributed by atoms with E-state index >= 15 is 0 Å². The third-order valence-corrected chi connectivity index (χ3v) is 15.4. The van der Waals surface area contributed by atoms with Gasteiger partial charge >= 0.3 is 0 Å². The molecule has 3 aromatic heterocycles. The van der Waals surface area contributed by atoms with Crippen LogP contribution in [0, 0.1) is 0 Å². The topological polar surface area (TPSA) is 43.6 Å². The first-order chi connectivity index (χ1) is 34.2. The summed E-state index contributed by atoms with van der Waals surface area (Å²) in [6, 6.07) is 87.5. The number of fused-ring (bicyclic) bond motifs is 9. The van der Waals surface area contributed by atoms with E-state index in [0.29, 0.717) is 17.5 Å². The lowest BCUT2D eigenvalue weighted by Gasteiger charge is -2.34. The van der Waals surface area contributed by atoms with Gasteiger partial charge in [0.2, 0.25) is 0 Å². The molecule has 14 rings (SSSR count). The van der Waals surface area contributed by atoms with Gasteiger partial charge in [-0.25, -0.2) is 15.0 Å². The van der Waals surface area contributed by atoms with Gasteiger partial charge in [0, 0.05) is 53.2 Å². The van der Waals surface area contributed by atoms with Crippen molar-refractivity contribution in [3.63, 3.8) is 0 Å². The minimum Gasteiger partial charge on any atom is -0.309 e. The monoisotopic (exact) mass is 896 g/mol. The van der Waals surface area contributed by atoms with E-state index in [1.165, 1.54) is 70.7 Å². The summed E-state index contributed by atoms with van der Waals surface area (Å²) in [4.78, 5) is 16.2. The summed E-state index contributed by atoms with van der Waals surface area (Å²) in [7, 11) is 0. The summed E-state index contributed by atoms with van der Waals surface area (Å²) in [6.45, 7) is 0. The zero-order valence-corrected chi connectivity index (χ0v) is 38.1. The molecular weight excluding hydrogens is 857 g/mol. The lowest BCUT2D eigenvalue weighted by Crippen LogP contribution is -2.28. The van der Waals surface area contributed by atoms with Crippen LogP contribution in [0.2, 0.25) is 0 Å². The van der Waals surface area contributed by atoms with Crippen molar-refractivity contribution in [1.29, 1.82) is 0 Å². The molecule has 4 nitrogen and oxygen atoms in total. The van der Waals surface area contributed by atoms with Crippen LogP contribution in [-0.4, -0.2) is 19.5 Å². The number of hydrogen-bond acceptors (Lipinski definition) is 4. The van der Waals surface area contributed by atoms with Crippen molar-refractivity contribution in [2.24, 2.45) is 0 Å². The van der Waals surface area contributed by atoms with Crippen molar-refractivity contribution in [3.05, 3.63) is 265 Å². The van der Waals surface area contributed by atoms with Crippen molar-refractivity contribution in [3.8, 4) is 62.1 Å². The van der Waals surface area contributed by atoms with Gasteiger partial charge in [-0.05, 0) is 75.3 Å². The molecule has 0 fully saturated rings. The number of rotatable bonds is 7. The maximum Gasteiger partial charge on any atom is 0.165 e. The molecule has 0 saturated carbocycles. The van der Waals surface area contributed by atoms with E-state index in [4.69, 9.17) is 15.0 Å². The van der Waals surface area contributed by atoms with Crippen molar-refractivity contribution >= 4 is 53.3 Å². The molecule has 0 unspecified atom stereocenters. The molecule has 0 atom stereocenters. The predicted octanol–water partition coefficient (Wildman–Crippen LogP) is 16.4. The number of aromatic nitrogens is 4. The SMILES string of the molecule is c1ccc(C2(c3ccccc3)c3ccccc3-c3ccc(-c4nc(-c5ccc(-c6ccccc6-n6c7ccccc7c7ccccc76)cc5)nc(-c5cccc6c5sc5ccccc56)n4)cc32)cc1. The second-order valence-electron chi connectivity index (χ2n) is 17.8. The minimum absolute atomic E-state index is 0.558. The van der Waals surface area contributed by atoms with E-state index in [2.05, 4.69) is 247 Å². The lowest BCUT2D eigenvalue weighted by molar-refractivity contribution is 0.768. The molecule has 1 aliphatic carbocycles. The van der Waals surface area contributed by atoms with Gasteiger partial charge in [0.15, 0.2) is 17.5 Å². The molecular formula is C64H40N4S. The molecule has 0 aliphatic heterocycles. The Kier molecular flexibility index (Phi) is 8.95. The molecule has 0 saturated heterocycles. The smallest absolute Gasteiger partial charge is 0.165 e. The van der Waals surface area contributed by atoms with E-state index in [1.807, 2.05) is 0 Å². The minimum atomic E-state index is -0.558. The highest BCUT2D eigenvalue weighted by Crippen LogP contribution is 2.56. The highest BCUT2D eigenvalue weighted by molar-refractivity contribution is 7.26. The molecule has 10 aromatic carbocycles. The molecule has 3 heterocycles. The first kappa shape index (κ1) is 39.4. The molecule has 322 valence electrons. The van der Waals surface area contributed by atoms with Crippen LogP contribution in [0.15, 0.2) is 243 Å². The maximum absolute atomic E-state index is 5.42. The van der Waals surface area contributed by atoms with Crippen molar-refractivity contribution in [2.45, 2.75) is 5.41 Å². The highest BCUT2D eigenvalue weighted by atomic mass is 32.1. The zero-order valence-electron chi connectivity index (χ0n) is 37.3. The Morgan fingerprint density at radius 1 is 0.333 bits per heavy atom. The van der Waals surface area contributed by atoms with Crippen LogP contribution in [0.1, 0.15) is 22.3 Å². The Hall–Kier alpha value is -8.77. The van der Waals surface area contributed by atoms with Gasteiger partial charge in [0.25, 0.3) is 0 Å². The summed E-state index contributed by atoms with van der Waals surface area (Å²) in [6.07, 6.45) is 0. The van der Waals surface area contributed by atoms with Gasteiger partial charge in [0.05, 0.1) is 22.1 Å². The number of thiophene rings is 1. The largest absolute Gasteiger partial charge is 0.309 e. The second kappa shape index (κ2) is 15.7. The molecule has 0 radical (unpaired) electrons. The number of para-hydroxylation sites is 3. The molecule has 69 heavy (non-hydrogen) atoms. The fourth-order valence-electron chi connectivity index (χ4n) is 11.2. The summed E-state index contributed by atoms with van der Waals surface area (Å²) >= 11 is 1.79. The Balaban J connectivity index is 0.958. The third kappa shape index (κ3) is 6.04. The third-order valence-electron chi connectivity index (χ3n) is 14.2. The Bertz CT molecular complexity index is 4040. The summed E-state index contributed by atoms with van der Waals surface area (Å²) < 4.78 is 4.80. The van der Waals surface area contributed by atoms with Crippen molar-refractivity contribution in [2.75, 3.05) is 0 Å². The van der Waals surface area contributed by atoms with Crippen LogP contribution in [0.25, 0.3) is 104 Å². The molecule has 13 aromatic rings. The number of nitrogens with zero attached hydrogens (tertiary/aromatic N) is 4. The average molecular weight is 897 g/mol. The molecule has 1 aliphatic rings. The van der Waals surface area contributed by atoms with Crippen LogP contribution >= 0.6 is 11.3 Å². The summed E-state index contributed by atoms with van der Waals surface area (Å²) in [5, 5.41) is 4.92. The maximum atomic E-state index is 5.42. The van der Waals surface area contributed by atoms with Gasteiger partial charge in [-0.3, -0.25) is 0 Å². The van der Waals surface area contributed by atoms with Crippen molar-refractivity contribution < 1.29 is 0 Å². The van der Waals surface area contributed by atoms with Crippen LogP contribution in [-0.2, 0) is 5.41 Å². The molecule has 0 amide bonds. The van der Waals surface area contributed by atoms with Gasteiger partial charge in [-0.2, -0.15) is 0 Å². The number of benzene rings is 10. The zero-order chi connectivity index (χ0) is 45.5. The van der Waals surface area contributed by atoms with E-state index in [9.17, 15) is 0 Å². The highest BCUT2D eigenvalue weighted by Gasteiger charge is 2.46. The molecule has 0 bridgehead atoms. The van der Waals surface area contributed by atoms with Crippen LogP contribution in [0.3, 0.4) is 0 Å². The normalized spacial score (nSPS) is 12.8. The average Bonchev–Trinajstić information content (AvgIpc) is 4.08. The van der Waals surface area contributed by atoms with E-state index in [1.54, 1.807) is 11.3 Å².